The van der Waals surface area contributed by atoms with Gasteiger partial charge in [-0.05, 0) is 44.0 Å². The third kappa shape index (κ3) is 5.15. The van der Waals surface area contributed by atoms with Crippen LogP contribution in [0.2, 0.25) is 0 Å². The van der Waals surface area contributed by atoms with Gasteiger partial charge in [-0.25, -0.2) is 4.79 Å². The van der Waals surface area contributed by atoms with E-state index >= 15 is 0 Å². The van der Waals surface area contributed by atoms with Crippen molar-refractivity contribution in [1.29, 1.82) is 0 Å². The molecule has 0 radical (unpaired) electrons. The molecule has 2 fully saturated rings. The first-order chi connectivity index (χ1) is 13.6. The van der Waals surface area contributed by atoms with Crippen LogP contribution in [0.1, 0.15) is 32.6 Å². The van der Waals surface area contributed by atoms with E-state index < -0.39 is 0 Å². The Kier molecular flexibility index (Phi) is 6.73. The van der Waals surface area contributed by atoms with Crippen molar-refractivity contribution in [3.8, 4) is 5.75 Å². The number of likely N-dealkylation sites (tertiary alicyclic amines) is 1. The molecule has 8 nitrogen and oxygen atoms in total. The second-order valence-corrected chi connectivity index (χ2v) is 7.07. The number of nitrogens with zero attached hydrogens (tertiary/aromatic N) is 2. The van der Waals surface area contributed by atoms with Gasteiger partial charge < -0.3 is 25.2 Å². The van der Waals surface area contributed by atoms with Crippen LogP contribution < -0.4 is 20.3 Å². The summed E-state index contributed by atoms with van der Waals surface area (Å²) in [5, 5.41) is 5.67. The van der Waals surface area contributed by atoms with E-state index in [0.29, 0.717) is 32.7 Å². The largest absolute Gasteiger partial charge is 0.494 e. The van der Waals surface area contributed by atoms with Crippen LogP contribution in [0, 0.1) is 0 Å². The lowest BCUT2D eigenvalue weighted by molar-refractivity contribution is -0.127. The van der Waals surface area contributed by atoms with Crippen molar-refractivity contribution in [3.05, 3.63) is 24.3 Å². The molecule has 2 aliphatic heterocycles. The number of amides is 4. The molecule has 3 rings (SSSR count). The summed E-state index contributed by atoms with van der Waals surface area (Å²) in [6.07, 6.45) is 2.56. The number of hydrogen-bond donors (Lipinski definition) is 2. The first kappa shape index (κ1) is 20.0. The average molecular weight is 388 g/mol. The van der Waals surface area contributed by atoms with Crippen molar-refractivity contribution in [3.63, 3.8) is 0 Å². The van der Waals surface area contributed by atoms with Crippen molar-refractivity contribution in [1.82, 2.24) is 15.5 Å². The summed E-state index contributed by atoms with van der Waals surface area (Å²) in [5.41, 5.74) is 0.799. The van der Waals surface area contributed by atoms with Crippen LogP contribution in [-0.4, -0.2) is 61.6 Å². The number of benzene rings is 1. The molecule has 2 aliphatic rings. The van der Waals surface area contributed by atoms with Crippen LogP contribution in [0.3, 0.4) is 0 Å². The van der Waals surface area contributed by atoms with Crippen LogP contribution in [0.15, 0.2) is 24.3 Å². The Balaban J connectivity index is 1.39. The number of hydrogen-bond acceptors (Lipinski definition) is 4. The Morgan fingerprint density at radius 3 is 2.68 bits per heavy atom. The van der Waals surface area contributed by atoms with E-state index in [1.165, 1.54) is 0 Å². The summed E-state index contributed by atoms with van der Waals surface area (Å²) < 4.78 is 5.42. The van der Waals surface area contributed by atoms with Gasteiger partial charge in [0, 0.05) is 44.7 Å². The molecule has 2 heterocycles. The van der Waals surface area contributed by atoms with E-state index in [9.17, 15) is 14.4 Å². The lowest BCUT2D eigenvalue weighted by atomic mass is 10.2. The van der Waals surface area contributed by atoms with Gasteiger partial charge in [0.15, 0.2) is 0 Å². The SMILES string of the molecule is CCOc1ccc(N2C[C@H](NC(=O)NCCCN3CCCC3=O)CC2=O)cc1. The van der Waals surface area contributed by atoms with Crippen LogP contribution in [-0.2, 0) is 9.59 Å². The summed E-state index contributed by atoms with van der Waals surface area (Å²) in [6, 6.07) is 6.88. The molecular formula is C20H28N4O4. The van der Waals surface area contributed by atoms with E-state index in [4.69, 9.17) is 4.74 Å². The predicted molar refractivity (Wildman–Crippen MR) is 105 cm³/mol. The monoisotopic (exact) mass is 388 g/mol. The summed E-state index contributed by atoms with van der Waals surface area (Å²) in [5.74, 6) is 0.952. The topological polar surface area (TPSA) is 91.0 Å². The highest BCUT2D eigenvalue weighted by Gasteiger charge is 2.31. The minimum atomic E-state index is -0.279. The predicted octanol–water partition coefficient (Wildman–Crippen LogP) is 1.50. The summed E-state index contributed by atoms with van der Waals surface area (Å²) in [6.45, 7) is 4.95. The minimum absolute atomic E-state index is 0.0120. The zero-order valence-electron chi connectivity index (χ0n) is 16.3. The molecule has 0 aromatic heterocycles. The van der Waals surface area contributed by atoms with Gasteiger partial charge >= 0.3 is 6.03 Å². The Morgan fingerprint density at radius 2 is 2.00 bits per heavy atom. The summed E-state index contributed by atoms with van der Waals surface area (Å²) in [4.78, 5) is 39.4. The molecule has 1 aromatic carbocycles. The lowest BCUT2D eigenvalue weighted by Gasteiger charge is -2.18. The number of nitrogens with one attached hydrogen (secondary N) is 2. The van der Waals surface area contributed by atoms with Gasteiger partial charge in [-0.3, -0.25) is 9.59 Å². The molecule has 1 atom stereocenters. The maximum atomic E-state index is 12.3. The van der Waals surface area contributed by atoms with Crippen molar-refractivity contribution in [2.24, 2.45) is 0 Å². The fourth-order valence-corrected chi connectivity index (χ4v) is 3.59. The van der Waals surface area contributed by atoms with Gasteiger partial charge in [-0.15, -0.1) is 0 Å². The highest BCUT2D eigenvalue weighted by molar-refractivity contribution is 5.96. The zero-order chi connectivity index (χ0) is 19.9. The standard InChI is InChI=1S/C20H28N4O4/c1-2-28-17-8-6-16(7-9-17)24-14-15(13-19(24)26)22-20(27)21-10-4-12-23-11-3-5-18(23)25/h6-9,15H,2-5,10-14H2,1H3,(H2,21,22,27)/t15-/m1/s1. The third-order valence-corrected chi connectivity index (χ3v) is 4.98. The number of carbonyl (C=O) groups excluding carboxylic acids is 3. The van der Waals surface area contributed by atoms with Crippen LogP contribution in [0.5, 0.6) is 5.75 Å². The van der Waals surface area contributed by atoms with Gasteiger partial charge in [-0.2, -0.15) is 0 Å². The van der Waals surface area contributed by atoms with Crippen LogP contribution in [0.25, 0.3) is 0 Å². The fourth-order valence-electron chi connectivity index (χ4n) is 3.59. The second-order valence-electron chi connectivity index (χ2n) is 7.07. The molecule has 0 unspecified atom stereocenters. The average Bonchev–Trinajstić information content (AvgIpc) is 3.25. The molecule has 28 heavy (non-hydrogen) atoms. The Labute approximate surface area is 165 Å². The molecule has 0 saturated carbocycles. The first-order valence-corrected chi connectivity index (χ1v) is 9.92. The fraction of sp³-hybridized carbons (Fsp3) is 0.550. The molecule has 1 aromatic rings. The lowest BCUT2D eigenvalue weighted by Crippen LogP contribution is -2.44. The number of anilines is 1. The van der Waals surface area contributed by atoms with Crippen molar-refractivity contribution < 1.29 is 19.1 Å². The summed E-state index contributed by atoms with van der Waals surface area (Å²) >= 11 is 0. The second kappa shape index (κ2) is 9.43. The van der Waals surface area contributed by atoms with Crippen molar-refractivity contribution >= 4 is 23.5 Å². The molecule has 152 valence electrons. The van der Waals surface area contributed by atoms with Gasteiger partial charge in [0.05, 0.1) is 12.6 Å². The van der Waals surface area contributed by atoms with Crippen LogP contribution >= 0.6 is 0 Å². The molecule has 2 saturated heterocycles. The van der Waals surface area contributed by atoms with E-state index in [-0.39, 0.29) is 30.3 Å². The van der Waals surface area contributed by atoms with Crippen molar-refractivity contribution in [2.45, 2.75) is 38.6 Å². The molecule has 0 bridgehead atoms. The molecule has 0 spiro atoms. The van der Waals surface area contributed by atoms with Gasteiger partial charge in [0.2, 0.25) is 11.8 Å². The molecule has 0 aliphatic carbocycles. The number of carbonyl (C=O) groups is 3. The maximum absolute atomic E-state index is 12.3. The number of ether oxygens (including phenoxy) is 1. The van der Waals surface area contributed by atoms with Gasteiger partial charge in [0.1, 0.15) is 5.75 Å². The smallest absolute Gasteiger partial charge is 0.315 e. The molecular weight excluding hydrogens is 360 g/mol. The zero-order valence-corrected chi connectivity index (χ0v) is 16.3. The molecule has 4 amide bonds. The van der Waals surface area contributed by atoms with E-state index in [1.807, 2.05) is 36.1 Å². The number of urea groups is 1. The normalized spacial score (nSPS) is 19.2. The third-order valence-electron chi connectivity index (χ3n) is 4.98. The summed E-state index contributed by atoms with van der Waals surface area (Å²) in [7, 11) is 0. The Morgan fingerprint density at radius 1 is 1.21 bits per heavy atom. The Hall–Kier alpha value is -2.77. The van der Waals surface area contributed by atoms with E-state index in [1.54, 1.807) is 4.90 Å². The van der Waals surface area contributed by atoms with E-state index in [0.717, 1.165) is 30.8 Å². The highest BCUT2D eigenvalue weighted by atomic mass is 16.5. The quantitative estimate of drug-likeness (QED) is 0.661. The molecule has 2 N–H and O–H groups in total. The van der Waals surface area contributed by atoms with Gasteiger partial charge in [-0.1, -0.05) is 0 Å². The first-order valence-electron chi connectivity index (χ1n) is 9.92. The maximum Gasteiger partial charge on any atom is 0.315 e. The van der Waals surface area contributed by atoms with Crippen LogP contribution in [0.4, 0.5) is 10.5 Å². The molecule has 8 heteroatoms. The van der Waals surface area contributed by atoms with Crippen molar-refractivity contribution in [2.75, 3.05) is 37.7 Å². The number of rotatable bonds is 8. The van der Waals surface area contributed by atoms with E-state index in [2.05, 4.69) is 10.6 Å². The van der Waals surface area contributed by atoms with Gasteiger partial charge in [0.25, 0.3) is 0 Å². The minimum Gasteiger partial charge on any atom is -0.494 e. The Bertz CT molecular complexity index is 707. The highest BCUT2D eigenvalue weighted by Crippen LogP contribution is 2.24.